The molecule has 4 nitrogen and oxygen atoms in total. The first kappa shape index (κ1) is 11.3. The smallest absolute Gasteiger partial charge is 0.129 e. The fourth-order valence-corrected chi connectivity index (χ4v) is 1.35. The number of hydrogen-bond donors (Lipinski definition) is 1. The van der Waals surface area contributed by atoms with Gasteiger partial charge in [-0.1, -0.05) is 24.0 Å². The minimum absolute atomic E-state index is 0.228. The molecular weight excluding hydrogens is 214 g/mol. The van der Waals surface area contributed by atoms with E-state index in [1.165, 1.54) is 0 Å². The molecule has 1 aromatic heterocycles. The van der Waals surface area contributed by atoms with Gasteiger partial charge in [0.25, 0.3) is 0 Å². The van der Waals surface area contributed by atoms with Crippen LogP contribution in [0.2, 0.25) is 0 Å². The van der Waals surface area contributed by atoms with Crippen LogP contribution in [0.25, 0.3) is 11.3 Å². The van der Waals surface area contributed by atoms with Crippen molar-refractivity contribution in [2.45, 2.75) is 0 Å². The molecule has 0 saturated carbocycles. The first-order chi connectivity index (χ1) is 8.40. The van der Waals surface area contributed by atoms with E-state index in [4.69, 9.17) is 5.90 Å². The molecule has 1 heterocycles. The summed E-state index contributed by atoms with van der Waals surface area (Å²) in [5, 5.41) is 0. The Morgan fingerprint density at radius 3 is 2.65 bits per heavy atom. The second-order valence-electron chi connectivity index (χ2n) is 3.28. The zero-order valence-corrected chi connectivity index (χ0v) is 9.13. The molecule has 0 aliphatic heterocycles. The van der Waals surface area contributed by atoms with Crippen LogP contribution in [0.5, 0.6) is 0 Å². The predicted octanol–water partition coefficient (Wildman–Crippen LogP) is 1.39. The summed E-state index contributed by atoms with van der Waals surface area (Å²) in [4.78, 5) is 12.6. The maximum atomic E-state index is 4.88. The lowest BCUT2D eigenvalue weighted by molar-refractivity contribution is 0.173. The topological polar surface area (TPSA) is 61.0 Å². The number of aromatic nitrogens is 2. The van der Waals surface area contributed by atoms with E-state index in [-0.39, 0.29) is 6.61 Å². The van der Waals surface area contributed by atoms with Crippen molar-refractivity contribution in [2.75, 3.05) is 6.61 Å². The van der Waals surface area contributed by atoms with Crippen molar-refractivity contribution in [3.63, 3.8) is 0 Å². The third-order valence-electron chi connectivity index (χ3n) is 2.13. The Hall–Kier alpha value is -2.22. The molecule has 0 amide bonds. The van der Waals surface area contributed by atoms with Gasteiger partial charge in [0.2, 0.25) is 0 Å². The van der Waals surface area contributed by atoms with Crippen molar-refractivity contribution in [2.24, 2.45) is 5.90 Å². The van der Waals surface area contributed by atoms with Gasteiger partial charge in [0.1, 0.15) is 6.61 Å². The summed E-state index contributed by atoms with van der Waals surface area (Å²) in [6.07, 6.45) is 5.04. The van der Waals surface area contributed by atoms with Crippen LogP contribution in [0.4, 0.5) is 0 Å². The summed E-state index contributed by atoms with van der Waals surface area (Å²) in [6, 6.07) is 7.76. The van der Waals surface area contributed by atoms with Crippen molar-refractivity contribution in [1.82, 2.24) is 9.97 Å². The first-order valence-corrected chi connectivity index (χ1v) is 5.07. The summed E-state index contributed by atoms with van der Waals surface area (Å²) in [5.74, 6) is 10.6. The van der Waals surface area contributed by atoms with Crippen LogP contribution in [0.3, 0.4) is 0 Å². The Bertz CT molecular complexity index is 526. The number of nitrogens with zero attached hydrogens (tertiary/aromatic N) is 2. The van der Waals surface area contributed by atoms with Crippen molar-refractivity contribution in [1.29, 1.82) is 0 Å². The molecule has 0 fully saturated rings. The van der Waals surface area contributed by atoms with Gasteiger partial charge in [-0.2, -0.15) is 0 Å². The van der Waals surface area contributed by atoms with Crippen molar-refractivity contribution in [3.8, 4) is 23.1 Å². The zero-order chi connectivity index (χ0) is 11.9. The fourth-order valence-electron chi connectivity index (χ4n) is 1.35. The van der Waals surface area contributed by atoms with Crippen LogP contribution in [0.15, 0.2) is 42.9 Å². The average Bonchev–Trinajstić information content (AvgIpc) is 2.41. The van der Waals surface area contributed by atoms with Gasteiger partial charge in [-0.25, -0.2) is 5.90 Å². The molecule has 0 aliphatic rings. The molecule has 0 saturated heterocycles. The molecule has 17 heavy (non-hydrogen) atoms. The number of nitrogens with two attached hydrogens (primary N) is 1. The summed E-state index contributed by atoms with van der Waals surface area (Å²) in [5.41, 5.74) is 2.77. The molecule has 2 N–H and O–H groups in total. The third-order valence-corrected chi connectivity index (χ3v) is 2.13. The minimum atomic E-state index is 0.228. The lowest BCUT2D eigenvalue weighted by Gasteiger charge is -1.99. The monoisotopic (exact) mass is 225 g/mol. The van der Waals surface area contributed by atoms with Crippen molar-refractivity contribution in [3.05, 3.63) is 48.4 Å². The molecule has 0 aliphatic carbocycles. The van der Waals surface area contributed by atoms with E-state index in [2.05, 4.69) is 26.6 Å². The van der Waals surface area contributed by atoms with Gasteiger partial charge in [-0.3, -0.25) is 14.8 Å². The average molecular weight is 225 g/mol. The molecule has 0 bridgehead atoms. The van der Waals surface area contributed by atoms with Gasteiger partial charge in [0, 0.05) is 23.5 Å². The van der Waals surface area contributed by atoms with E-state index in [9.17, 15) is 0 Å². The minimum Gasteiger partial charge on any atom is -0.292 e. The van der Waals surface area contributed by atoms with Crippen LogP contribution < -0.4 is 5.90 Å². The van der Waals surface area contributed by atoms with Crippen LogP contribution in [-0.2, 0) is 4.84 Å². The lowest BCUT2D eigenvalue weighted by atomic mass is 10.1. The molecular formula is C13H11N3O. The van der Waals surface area contributed by atoms with Gasteiger partial charge in [0.15, 0.2) is 0 Å². The summed E-state index contributed by atoms with van der Waals surface area (Å²) in [7, 11) is 0. The lowest BCUT2D eigenvalue weighted by Crippen LogP contribution is -1.97. The van der Waals surface area contributed by atoms with Gasteiger partial charge in [0.05, 0.1) is 11.9 Å². The fraction of sp³-hybridized carbons (Fsp3) is 0.0769. The van der Waals surface area contributed by atoms with Gasteiger partial charge < -0.3 is 0 Å². The molecule has 0 spiro atoms. The summed E-state index contributed by atoms with van der Waals surface area (Å²) >= 11 is 0. The summed E-state index contributed by atoms with van der Waals surface area (Å²) in [6.45, 7) is 0.228. The standard InChI is InChI=1S/C13H11N3O/c14-17-9-1-2-11-3-5-12(6-4-11)13-10-15-7-8-16-13/h3-8,10H,9,14H2. The highest BCUT2D eigenvalue weighted by Gasteiger charge is 1.97. The van der Waals surface area contributed by atoms with E-state index in [1.807, 2.05) is 24.3 Å². The Morgan fingerprint density at radius 2 is 2.00 bits per heavy atom. The van der Waals surface area contributed by atoms with E-state index in [0.29, 0.717) is 0 Å². The van der Waals surface area contributed by atoms with Crippen molar-refractivity contribution >= 4 is 0 Å². The highest BCUT2D eigenvalue weighted by atomic mass is 16.6. The molecule has 0 unspecified atom stereocenters. The SMILES string of the molecule is NOCC#Cc1ccc(-c2cnccn2)cc1. The number of benzene rings is 1. The number of hydrogen-bond acceptors (Lipinski definition) is 4. The molecule has 0 atom stereocenters. The molecule has 2 aromatic rings. The van der Waals surface area contributed by atoms with Crippen LogP contribution in [0.1, 0.15) is 5.56 Å². The van der Waals surface area contributed by atoms with Gasteiger partial charge in [-0.15, -0.1) is 0 Å². The van der Waals surface area contributed by atoms with Gasteiger partial charge >= 0.3 is 0 Å². The molecule has 0 radical (unpaired) electrons. The molecule has 84 valence electrons. The predicted molar refractivity (Wildman–Crippen MR) is 64.5 cm³/mol. The summed E-state index contributed by atoms with van der Waals surface area (Å²) < 4.78 is 0. The third kappa shape index (κ3) is 3.11. The quantitative estimate of drug-likeness (QED) is 0.619. The maximum Gasteiger partial charge on any atom is 0.129 e. The second-order valence-corrected chi connectivity index (χ2v) is 3.28. The van der Waals surface area contributed by atoms with Crippen molar-refractivity contribution < 1.29 is 4.84 Å². The Morgan fingerprint density at radius 1 is 1.18 bits per heavy atom. The zero-order valence-electron chi connectivity index (χ0n) is 9.13. The normalized spacial score (nSPS) is 9.47. The molecule has 1 aromatic carbocycles. The van der Waals surface area contributed by atoms with E-state index in [0.717, 1.165) is 16.8 Å². The maximum absolute atomic E-state index is 4.88. The Labute approximate surface area is 99.4 Å². The van der Waals surface area contributed by atoms with Crippen LogP contribution in [0, 0.1) is 11.8 Å². The Kier molecular flexibility index (Phi) is 3.81. The van der Waals surface area contributed by atoms with Crippen LogP contribution >= 0.6 is 0 Å². The van der Waals surface area contributed by atoms with Gasteiger partial charge in [-0.05, 0) is 12.1 Å². The highest BCUT2D eigenvalue weighted by Crippen LogP contribution is 2.15. The largest absolute Gasteiger partial charge is 0.292 e. The molecule has 4 heteroatoms. The van der Waals surface area contributed by atoms with E-state index >= 15 is 0 Å². The van der Waals surface area contributed by atoms with Crippen LogP contribution in [-0.4, -0.2) is 16.6 Å². The second kappa shape index (κ2) is 5.75. The van der Waals surface area contributed by atoms with E-state index < -0.39 is 0 Å². The van der Waals surface area contributed by atoms with E-state index in [1.54, 1.807) is 18.6 Å². The molecule has 2 rings (SSSR count). The number of rotatable bonds is 2. The Balaban J connectivity index is 2.17. The highest BCUT2D eigenvalue weighted by molar-refractivity contribution is 5.59. The first-order valence-electron chi connectivity index (χ1n) is 5.07.